The van der Waals surface area contributed by atoms with Gasteiger partial charge in [0.15, 0.2) is 16.9 Å². The van der Waals surface area contributed by atoms with Gasteiger partial charge in [0.1, 0.15) is 22.8 Å². The molecular weight excluding hydrogens is 470 g/mol. The molecule has 0 aliphatic carbocycles. The first-order valence-corrected chi connectivity index (χ1v) is 11.9. The van der Waals surface area contributed by atoms with Crippen LogP contribution in [-0.4, -0.2) is 56.1 Å². The van der Waals surface area contributed by atoms with Gasteiger partial charge in [0.05, 0.1) is 6.54 Å². The number of nitrogens with zero attached hydrogens (tertiary/aromatic N) is 4. The number of ether oxygens (including phenoxy) is 1. The Kier molecular flexibility index (Phi) is 7.29. The third-order valence-electron chi connectivity index (χ3n) is 3.88. The fraction of sp³-hybridized carbons (Fsp3) is 0.158. The SMILES string of the molecule is NC(=O)COc1ccc(Sc2ccc(Sc3ncn[nH]3)nc2C(=O)NC2=NCCS2)cc1. The standard InChI is InChI=1S/C19H17N7O3S3/c20-14(27)9-29-11-1-3-12(4-2-11)31-13-5-6-15(32-19-22-10-23-26-19)24-16(13)17(28)25-18-21-7-8-30-18/h1-6,10H,7-9H2,(H2,20,27)(H,21,25,28)(H,22,23,26). The van der Waals surface area contributed by atoms with E-state index in [9.17, 15) is 9.59 Å². The number of hydrogen-bond donors (Lipinski definition) is 3. The number of H-pyrrole nitrogens is 1. The Morgan fingerprint density at radius 1 is 1.19 bits per heavy atom. The van der Waals surface area contributed by atoms with Gasteiger partial charge in [-0.1, -0.05) is 23.5 Å². The second-order valence-corrected chi connectivity index (χ2v) is 9.41. The number of hydrogen-bond acceptors (Lipinski definition) is 10. The minimum Gasteiger partial charge on any atom is -0.484 e. The predicted octanol–water partition coefficient (Wildman–Crippen LogP) is 2.20. The molecule has 0 saturated carbocycles. The molecule has 2 aromatic heterocycles. The highest BCUT2D eigenvalue weighted by atomic mass is 32.2. The zero-order valence-corrected chi connectivity index (χ0v) is 18.9. The highest BCUT2D eigenvalue weighted by Gasteiger charge is 2.19. The van der Waals surface area contributed by atoms with Crippen molar-refractivity contribution < 1.29 is 14.3 Å². The Labute approximate surface area is 195 Å². The number of nitrogens with one attached hydrogen (secondary N) is 2. The maximum Gasteiger partial charge on any atom is 0.277 e. The molecule has 4 rings (SSSR count). The van der Waals surface area contributed by atoms with Gasteiger partial charge in [0.2, 0.25) is 0 Å². The Hall–Kier alpha value is -3.03. The summed E-state index contributed by atoms with van der Waals surface area (Å²) in [6.07, 6.45) is 1.41. The number of aromatic amines is 1. The molecule has 32 heavy (non-hydrogen) atoms. The van der Waals surface area contributed by atoms with Crippen molar-refractivity contribution in [2.45, 2.75) is 20.0 Å². The van der Waals surface area contributed by atoms with E-state index in [1.807, 2.05) is 24.3 Å². The Morgan fingerprint density at radius 3 is 2.72 bits per heavy atom. The van der Waals surface area contributed by atoms with Crippen molar-refractivity contribution >= 4 is 52.3 Å². The van der Waals surface area contributed by atoms with E-state index in [0.29, 0.717) is 32.5 Å². The van der Waals surface area contributed by atoms with E-state index in [4.69, 9.17) is 10.5 Å². The number of amidine groups is 1. The van der Waals surface area contributed by atoms with Gasteiger partial charge in [-0.3, -0.25) is 25.0 Å². The molecule has 0 fully saturated rings. The van der Waals surface area contributed by atoms with Gasteiger partial charge >= 0.3 is 0 Å². The van der Waals surface area contributed by atoms with E-state index in [1.165, 1.54) is 41.6 Å². The second kappa shape index (κ2) is 10.5. The molecule has 0 atom stereocenters. The molecule has 1 aliphatic heterocycles. The summed E-state index contributed by atoms with van der Waals surface area (Å²) in [7, 11) is 0. The minimum atomic E-state index is -0.543. The molecular formula is C19H17N7O3S3. The number of amides is 2. The molecule has 0 spiro atoms. The number of aromatic nitrogens is 4. The van der Waals surface area contributed by atoms with Gasteiger partial charge in [0.25, 0.3) is 11.8 Å². The number of carbonyl (C=O) groups is 2. The van der Waals surface area contributed by atoms with Crippen LogP contribution >= 0.6 is 35.3 Å². The number of thioether (sulfide) groups is 1. The van der Waals surface area contributed by atoms with E-state index in [2.05, 4.69) is 30.5 Å². The van der Waals surface area contributed by atoms with Gasteiger partial charge in [-0.2, -0.15) is 5.10 Å². The number of pyridine rings is 1. The molecule has 3 heterocycles. The van der Waals surface area contributed by atoms with E-state index >= 15 is 0 Å². The molecule has 4 N–H and O–H groups in total. The summed E-state index contributed by atoms with van der Waals surface area (Å²) in [5.41, 5.74) is 5.38. The Bertz CT molecular complexity index is 1140. The van der Waals surface area contributed by atoms with Gasteiger partial charge in [-0.05, 0) is 48.2 Å². The number of nitrogens with two attached hydrogens (primary N) is 1. The van der Waals surface area contributed by atoms with Crippen molar-refractivity contribution in [1.82, 2.24) is 25.5 Å². The zero-order valence-electron chi connectivity index (χ0n) is 16.5. The fourth-order valence-corrected chi connectivity index (χ4v) is 4.82. The van der Waals surface area contributed by atoms with Crippen LogP contribution in [0.25, 0.3) is 0 Å². The Balaban J connectivity index is 1.55. The van der Waals surface area contributed by atoms with Crippen molar-refractivity contribution in [3.8, 4) is 5.75 Å². The lowest BCUT2D eigenvalue weighted by Crippen LogP contribution is -2.28. The lowest BCUT2D eigenvalue weighted by Gasteiger charge is -2.11. The molecule has 0 radical (unpaired) electrons. The van der Waals surface area contributed by atoms with E-state index in [-0.39, 0.29) is 18.2 Å². The first-order chi connectivity index (χ1) is 15.6. The second-order valence-electron chi connectivity index (χ2n) is 6.21. The van der Waals surface area contributed by atoms with Gasteiger partial charge in [-0.15, -0.1) is 0 Å². The van der Waals surface area contributed by atoms with Gasteiger partial charge in [0, 0.05) is 15.5 Å². The molecule has 10 nitrogen and oxygen atoms in total. The summed E-state index contributed by atoms with van der Waals surface area (Å²) in [5.74, 6) is 0.496. The summed E-state index contributed by atoms with van der Waals surface area (Å²) >= 11 is 4.16. The number of benzene rings is 1. The molecule has 1 aromatic carbocycles. The molecule has 0 saturated heterocycles. The first-order valence-electron chi connectivity index (χ1n) is 9.29. The largest absolute Gasteiger partial charge is 0.484 e. The summed E-state index contributed by atoms with van der Waals surface area (Å²) in [6.45, 7) is 0.494. The molecule has 2 amide bonds. The molecule has 1 aliphatic rings. The summed E-state index contributed by atoms with van der Waals surface area (Å²) in [4.78, 5) is 38.3. The fourth-order valence-electron chi connectivity index (χ4n) is 2.53. The smallest absolute Gasteiger partial charge is 0.277 e. The quantitative estimate of drug-likeness (QED) is 0.435. The minimum absolute atomic E-state index is 0.188. The lowest BCUT2D eigenvalue weighted by atomic mass is 10.3. The van der Waals surface area contributed by atoms with Crippen LogP contribution in [0.5, 0.6) is 5.75 Å². The number of aliphatic imine (C=N–C) groups is 1. The van der Waals surface area contributed by atoms with E-state index in [1.54, 1.807) is 12.1 Å². The van der Waals surface area contributed by atoms with E-state index in [0.717, 1.165) is 10.6 Å². The molecule has 13 heteroatoms. The average Bonchev–Trinajstić information content (AvgIpc) is 3.48. The third kappa shape index (κ3) is 6.02. The topological polar surface area (TPSA) is 148 Å². The highest BCUT2D eigenvalue weighted by Crippen LogP contribution is 2.33. The van der Waals surface area contributed by atoms with Crippen LogP contribution in [0.4, 0.5) is 0 Å². The van der Waals surface area contributed by atoms with Gasteiger partial charge < -0.3 is 10.5 Å². The normalized spacial score (nSPS) is 12.9. The summed E-state index contributed by atoms with van der Waals surface area (Å²) in [5, 5.41) is 11.2. The molecule has 3 aromatic rings. The first kappa shape index (κ1) is 22.2. The molecule has 164 valence electrons. The highest BCUT2D eigenvalue weighted by molar-refractivity contribution is 8.14. The number of rotatable bonds is 8. The molecule has 0 bridgehead atoms. The zero-order chi connectivity index (χ0) is 22.3. The lowest BCUT2D eigenvalue weighted by molar-refractivity contribution is -0.119. The van der Waals surface area contributed by atoms with Crippen LogP contribution in [0.15, 0.2) is 67.7 Å². The third-order valence-corrected chi connectivity index (χ3v) is 6.66. The van der Waals surface area contributed by atoms with Crippen LogP contribution in [-0.2, 0) is 4.79 Å². The summed E-state index contributed by atoms with van der Waals surface area (Å²) < 4.78 is 5.28. The van der Waals surface area contributed by atoms with Crippen molar-refractivity contribution in [3.63, 3.8) is 0 Å². The van der Waals surface area contributed by atoms with Crippen LogP contribution in [0.2, 0.25) is 0 Å². The number of primary amides is 1. The maximum absolute atomic E-state index is 13.0. The van der Waals surface area contributed by atoms with Crippen LogP contribution < -0.4 is 15.8 Å². The van der Waals surface area contributed by atoms with Crippen molar-refractivity contribution in [2.75, 3.05) is 18.9 Å². The molecule has 0 unspecified atom stereocenters. The van der Waals surface area contributed by atoms with Crippen LogP contribution in [0, 0.1) is 0 Å². The number of carbonyl (C=O) groups excluding carboxylic acids is 2. The van der Waals surface area contributed by atoms with Crippen molar-refractivity contribution in [1.29, 1.82) is 0 Å². The van der Waals surface area contributed by atoms with Gasteiger partial charge in [-0.25, -0.2) is 9.97 Å². The van der Waals surface area contributed by atoms with Crippen LogP contribution in [0.1, 0.15) is 10.5 Å². The van der Waals surface area contributed by atoms with E-state index < -0.39 is 5.91 Å². The monoisotopic (exact) mass is 487 g/mol. The predicted molar refractivity (Wildman–Crippen MR) is 122 cm³/mol. The van der Waals surface area contributed by atoms with Crippen molar-refractivity contribution in [2.24, 2.45) is 10.7 Å². The summed E-state index contributed by atoms with van der Waals surface area (Å²) in [6, 6.07) is 10.8. The van der Waals surface area contributed by atoms with Crippen LogP contribution in [0.3, 0.4) is 0 Å². The maximum atomic E-state index is 13.0. The van der Waals surface area contributed by atoms with Crippen molar-refractivity contribution in [3.05, 3.63) is 48.4 Å². The Morgan fingerprint density at radius 2 is 2.03 bits per heavy atom. The average molecular weight is 488 g/mol.